The summed E-state index contributed by atoms with van der Waals surface area (Å²) < 4.78 is 1.32. The lowest BCUT2D eigenvalue weighted by molar-refractivity contribution is -0.139. The maximum absolute atomic E-state index is 11.2. The van der Waals surface area contributed by atoms with Gasteiger partial charge in [-0.15, -0.1) is 11.3 Å². The summed E-state index contributed by atoms with van der Waals surface area (Å²) in [6, 6.07) is 1.21. The Labute approximate surface area is 112 Å². The summed E-state index contributed by atoms with van der Waals surface area (Å²) >= 11 is 10.5. The molecule has 90 valence electrons. The monoisotopic (exact) mass is 325 g/mol. The zero-order valence-corrected chi connectivity index (χ0v) is 12.1. The average Bonchev–Trinajstić information content (AvgIpc) is 2.54. The molecule has 0 bridgehead atoms. The highest BCUT2D eigenvalue weighted by molar-refractivity contribution is 9.10. The number of carboxylic acids is 1. The second-order valence-electron chi connectivity index (χ2n) is 3.52. The van der Waals surface area contributed by atoms with E-state index in [2.05, 4.69) is 21.2 Å². The molecule has 0 saturated carbocycles. The molecule has 1 aromatic rings. The van der Waals surface area contributed by atoms with E-state index in [0.717, 1.165) is 10.9 Å². The van der Waals surface area contributed by atoms with Gasteiger partial charge in [0.05, 0.1) is 0 Å². The summed E-state index contributed by atoms with van der Waals surface area (Å²) in [4.78, 5) is 11.9. The van der Waals surface area contributed by atoms with Crippen LogP contribution in [0.25, 0.3) is 0 Å². The van der Waals surface area contributed by atoms with Gasteiger partial charge in [0.1, 0.15) is 10.4 Å². The molecule has 0 spiro atoms. The topological polar surface area (TPSA) is 49.3 Å². The maximum Gasteiger partial charge on any atom is 0.326 e. The third kappa shape index (κ3) is 3.45. The lowest BCUT2D eigenvalue weighted by Gasteiger charge is -2.17. The zero-order chi connectivity index (χ0) is 12.3. The molecule has 2 unspecified atom stereocenters. The molecule has 0 aliphatic heterocycles. The summed E-state index contributed by atoms with van der Waals surface area (Å²) in [5, 5.41) is 12.2. The van der Waals surface area contributed by atoms with E-state index in [1.165, 1.54) is 11.3 Å². The van der Waals surface area contributed by atoms with Gasteiger partial charge in [-0.2, -0.15) is 0 Å². The van der Waals surface area contributed by atoms with Crippen LogP contribution < -0.4 is 5.32 Å². The fourth-order valence-electron chi connectivity index (χ4n) is 1.18. The molecule has 0 amide bonds. The van der Waals surface area contributed by atoms with Gasteiger partial charge < -0.3 is 5.11 Å². The molecule has 0 fully saturated rings. The summed E-state index contributed by atoms with van der Waals surface area (Å²) in [7, 11) is 0. The van der Waals surface area contributed by atoms with Crippen LogP contribution in [0.4, 0.5) is 0 Å². The Kier molecular flexibility index (Phi) is 5.24. The van der Waals surface area contributed by atoms with Gasteiger partial charge in [-0.05, 0) is 35.3 Å². The summed E-state index contributed by atoms with van der Waals surface area (Å²) in [6.07, 6.45) is 0.879. The first-order chi connectivity index (χ1) is 7.45. The van der Waals surface area contributed by atoms with E-state index in [0.29, 0.717) is 9.21 Å². The van der Waals surface area contributed by atoms with Crippen molar-refractivity contribution in [3.8, 4) is 0 Å². The van der Waals surface area contributed by atoms with Gasteiger partial charge in [0.25, 0.3) is 0 Å². The van der Waals surface area contributed by atoms with Crippen molar-refractivity contribution in [1.82, 2.24) is 5.32 Å². The number of carbonyl (C=O) groups is 1. The van der Waals surface area contributed by atoms with Gasteiger partial charge in [0, 0.05) is 15.4 Å². The van der Waals surface area contributed by atoms with E-state index in [-0.39, 0.29) is 6.04 Å². The standard InChI is InChI=1S/C10H13BrClNO2S/c1-3-5(2)13-8(10(14)15)7-4-6(11)9(12)16-7/h4-5,8,13H,3H2,1-2H3,(H,14,15). The Morgan fingerprint density at radius 2 is 2.38 bits per heavy atom. The highest BCUT2D eigenvalue weighted by Gasteiger charge is 2.23. The van der Waals surface area contributed by atoms with Crippen LogP contribution in [0.1, 0.15) is 31.2 Å². The van der Waals surface area contributed by atoms with Gasteiger partial charge in [0.15, 0.2) is 0 Å². The Balaban J connectivity index is 2.89. The highest BCUT2D eigenvalue weighted by Crippen LogP contribution is 2.35. The molecule has 0 saturated heterocycles. The fraction of sp³-hybridized carbons (Fsp3) is 0.500. The molecule has 1 aromatic heterocycles. The number of aliphatic carboxylic acids is 1. The van der Waals surface area contributed by atoms with Crippen LogP contribution in [0.5, 0.6) is 0 Å². The van der Waals surface area contributed by atoms with Gasteiger partial charge in [-0.25, -0.2) is 0 Å². The minimum atomic E-state index is -0.884. The molecular formula is C10H13BrClNO2S. The molecule has 0 aromatic carbocycles. The maximum atomic E-state index is 11.2. The number of carboxylic acid groups (broad SMARTS) is 1. The van der Waals surface area contributed by atoms with E-state index in [1.807, 2.05) is 13.8 Å². The van der Waals surface area contributed by atoms with Crippen molar-refractivity contribution in [2.45, 2.75) is 32.4 Å². The predicted octanol–water partition coefficient (Wildman–Crippen LogP) is 3.68. The lowest BCUT2D eigenvalue weighted by atomic mass is 10.2. The van der Waals surface area contributed by atoms with Gasteiger partial charge in [0.2, 0.25) is 0 Å². The van der Waals surface area contributed by atoms with E-state index >= 15 is 0 Å². The first-order valence-electron chi connectivity index (χ1n) is 4.89. The van der Waals surface area contributed by atoms with Crippen LogP contribution >= 0.6 is 38.9 Å². The van der Waals surface area contributed by atoms with E-state index in [4.69, 9.17) is 16.7 Å². The highest BCUT2D eigenvalue weighted by atomic mass is 79.9. The molecule has 1 heterocycles. The SMILES string of the molecule is CCC(C)NC(C(=O)O)c1cc(Br)c(Cl)s1. The molecule has 2 N–H and O–H groups in total. The Hall–Kier alpha value is -0.100. The van der Waals surface area contributed by atoms with Crippen LogP contribution in [-0.4, -0.2) is 17.1 Å². The molecular weight excluding hydrogens is 314 g/mol. The molecule has 16 heavy (non-hydrogen) atoms. The predicted molar refractivity (Wildman–Crippen MR) is 70.3 cm³/mol. The summed E-state index contributed by atoms with van der Waals surface area (Å²) in [5.74, 6) is -0.884. The van der Waals surface area contributed by atoms with Crippen molar-refractivity contribution in [2.75, 3.05) is 0 Å². The minimum Gasteiger partial charge on any atom is -0.480 e. The Bertz CT molecular complexity index is 363. The molecule has 0 radical (unpaired) electrons. The number of hydrogen-bond acceptors (Lipinski definition) is 3. The van der Waals surface area contributed by atoms with Crippen molar-refractivity contribution >= 4 is 44.8 Å². The van der Waals surface area contributed by atoms with Crippen molar-refractivity contribution < 1.29 is 9.90 Å². The fourth-order valence-corrected chi connectivity index (χ4v) is 2.97. The summed E-state index contributed by atoms with van der Waals surface area (Å²) in [6.45, 7) is 3.97. The second kappa shape index (κ2) is 6.00. The first kappa shape index (κ1) is 14.0. The number of hydrogen-bond donors (Lipinski definition) is 2. The number of nitrogens with one attached hydrogen (secondary N) is 1. The van der Waals surface area contributed by atoms with Crippen molar-refractivity contribution in [1.29, 1.82) is 0 Å². The normalized spacial score (nSPS) is 14.8. The Morgan fingerprint density at radius 3 is 2.75 bits per heavy atom. The quantitative estimate of drug-likeness (QED) is 0.868. The van der Waals surface area contributed by atoms with E-state index in [9.17, 15) is 4.79 Å². The van der Waals surface area contributed by atoms with E-state index < -0.39 is 12.0 Å². The van der Waals surface area contributed by atoms with Crippen LogP contribution in [0.15, 0.2) is 10.5 Å². The third-order valence-corrected chi connectivity index (χ3v) is 4.80. The van der Waals surface area contributed by atoms with Crippen LogP contribution in [0, 0.1) is 0 Å². The Morgan fingerprint density at radius 1 is 1.75 bits per heavy atom. The third-order valence-electron chi connectivity index (χ3n) is 2.26. The molecule has 0 aliphatic carbocycles. The average molecular weight is 327 g/mol. The molecule has 2 atom stereocenters. The molecule has 1 rings (SSSR count). The molecule has 3 nitrogen and oxygen atoms in total. The minimum absolute atomic E-state index is 0.153. The van der Waals surface area contributed by atoms with Crippen LogP contribution in [0.2, 0.25) is 4.34 Å². The molecule has 6 heteroatoms. The number of rotatable bonds is 5. The first-order valence-corrected chi connectivity index (χ1v) is 6.88. The van der Waals surface area contributed by atoms with E-state index in [1.54, 1.807) is 6.07 Å². The smallest absolute Gasteiger partial charge is 0.326 e. The van der Waals surface area contributed by atoms with Gasteiger partial charge >= 0.3 is 5.97 Å². The lowest BCUT2D eigenvalue weighted by Crippen LogP contribution is -2.34. The van der Waals surface area contributed by atoms with Gasteiger partial charge in [-0.3, -0.25) is 10.1 Å². The number of halogens is 2. The van der Waals surface area contributed by atoms with Crippen LogP contribution in [0.3, 0.4) is 0 Å². The van der Waals surface area contributed by atoms with Crippen LogP contribution in [-0.2, 0) is 4.79 Å². The summed E-state index contributed by atoms with van der Waals surface area (Å²) in [5.41, 5.74) is 0. The van der Waals surface area contributed by atoms with Crippen molar-refractivity contribution in [3.63, 3.8) is 0 Å². The molecule has 0 aliphatic rings. The zero-order valence-electron chi connectivity index (χ0n) is 8.96. The van der Waals surface area contributed by atoms with Crippen molar-refractivity contribution in [3.05, 3.63) is 19.8 Å². The van der Waals surface area contributed by atoms with Crippen molar-refractivity contribution in [2.24, 2.45) is 0 Å². The van der Waals surface area contributed by atoms with Gasteiger partial charge in [-0.1, -0.05) is 18.5 Å². The second-order valence-corrected chi connectivity index (χ2v) is 6.06. The largest absolute Gasteiger partial charge is 0.480 e. The number of thiophene rings is 1.